The third-order valence-electron chi connectivity index (χ3n) is 5.25. The van der Waals surface area contributed by atoms with Crippen molar-refractivity contribution in [1.82, 2.24) is 14.9 Å². The number of nitrogens with zero attached hydrogens (tertiary/aromatic N) is 3. The van der Waals surface area contributed by atoms with Crippen molar-refractivity contribution in [1.29, 1.82) is 0 Å². The molecule has 0 spiro atoms. The molecule has 3 heterocycles. The van der Waals surface area contributed by atoms with Crippen LogP contribution in [0.3, 0.4) is 0 Å². The molecule has 0 bridgehead atoms. The summed E-state index contributed by atoms with van der Waals surface area (Å²) >= 11 is 5.82. The molecule has 0 unspecified atom stereocenters. The summed E-state index contributed by atoms with van der Waals surface area (Å²) < 4.78 is 2.33. The number of rotatable bonds is 4. The van der Waals surface area contributed by atoms with Gasteiger partial charge in [-0.25, -0.2) is 0 Å². The summed E-state index contributed by atoms with van der Waals surface area (Å²) in [5.74, 6) is 0. The molecule has 3 aromatic rings. The van der Waals surface area contributed by atoms with E-state index in [1.54, 1.807) is 0 Å². The van der Waals surface area contributed by atoms with E-state index < -0.39 is 0 Å². The summed E-state index contributed by atoms with van der Waals surface area (Å²) in [5.41, 5.74) is 5.82. The lowest BCUT2D eigenvalue weighted by Crippen LogP contribution is -2.30. The maximum Gasteiger partial charge on any atom is 0.174 e. The fourth-order valence-electron chi connectivity index (χ4n) is 4.15. The molecule has 5 heteroatoms. The van der Waals surface area contributed by atoms with Gasteiger partial charge in [-0.1, -0.05) is 12.1 Å². The van der Waals surface area contributed by atoms with Crippen LogP contribution in [0.2, 0.25) is 0 Å². The van der Waals surface area contributed by atoms with Gasteiger partial charge < -0.3 is 14.8 Å². The van der Waals surface area contributed by atoms with Crippen LogP contribution < -0.4 is 10.2 Å². The normalized spacial score (nSPS) is 19.3. The van der Waals surface area contributed by atoms with Gasteiger partial charge >= 0.3 is 0 Å². The van der Waals surface area contributed by atoms with Gasteiger partial charge in [0.1, 0.15) is 6.04 Å². The largest absolute Gasteiger partial charge is 0.351 e. The standard InChI is InChI=1S/C23H26N4S/c1-15(2)26-11-7-9-20(26)22-21(19-8-5-6-10-24-19)25-23(28)27(22)18-13-16(3)12-17(4)14-18/h5-15,21-22H,1-4H3,(H,25,28)/t21-,22+/m1/s1. The monoisotopic (exact) mass is 390 g/mol. The molecular formula is C23H26N4S. The van der Waals surface area contributed by atoms with Crippen molar-refractivity contribution in [2.24, 2.45) is 0 Å². The summed E-state index contributed by atoms with van der Waals surface area (Å²) in [6.45, 7) is 8.68. The fraction of sp³-hybridized carbons (Fsp3) is 0.304. The Morgan fingerprint density at radius 1 is 1.04 bits per heavy atom. The summed E-state index contributed by atoms with van der Waals surface area (Å²) in [4.78, 5) is 6.89. The topological polar surface area (TPSA) is 33.1 Å². The van der Waals surface area contributed by atoms with Gasteiger partial charge in [0.2, 0.25) is 0 Å². The first kappa shape index (κ1) is 18.7. The first-order valence-corrected chi connectivity index (χ1v) is 10.1. The summed E-state index contributed by atoms with van der Waals surface area (Å²) in [5, 5.41) is 4.28. The smallest absolute Gasteiger partial charge is 0.174 e. The zero-order valence-corrected chi connectivity index (χ0v) is 17.6. The molecule has 4 rings (SSSR count). The van der Waals surface area contributed by atoms with E-state index in [1.807, 2.05) is 18.3 Å². The van der Waals surface area contributed by atoms with E-state index in [2.05, 4.69) is 90.1 Å². The van der Waals surface area contributed by atoms with Crippen molar-refractivity contribution >= 4 is 23.0 Å². The van der Waals surface area contributed by atoms with Crippen LogP contribution in [0.5, 0.6) is 0 Å². The first-order valence-electron chi connectivity index (χ1n) is 9.71. The molecule has 144 valence electrons. The van der Waals surface area contributed by atoms with Crippen LogP contribution in [0.15, 0.2) is 60.9 Å². The second-order valence-electron chi connectivity index (χ2n) is 7.78. The molecule has 0 aliphatic carbocycles. The second-order valence-corrected chi connectivity index (χ2v) is 8.16. The molecule has 0 saturated carbocycles. The molecular weight excluding hydrogens is 364 g/mol. The number of hydrogen-bond acceptors (Lipinski definition) is 2. The molecule has 1 aliphatic rings. The van der Waals surface area contributed by atoms with Gasteiger partial charge in [0.05, 0.1) is 11.7 Å². The van der Waals surface area contributed by atoms with Crippen molar-refractivity contribution in [3.8, 4) is 0 Å². The predicted molar refractivity (Wildman–Crippen MR) is 119 cm³/mol. The van der Waals surface area contributed by atoms with E-state index in [9.17, 15) is 0 Å². The highest BCUT2D eigenvalue weighted by atomic mass is 32.1. The van der Waals surface area contributed by atoms with Crippen molar-refractivity contribution < 1.29 is 0 Å². The van der Waals surface area contributed by atoms with E-state index in [0.29, 0.717) is 6.04 Å². The molecule has 1 saturated heterocycles. The van der Waals surface area contributed by atoms with Gasteiger partial charge in [-0.15, -0.1) is 0 Å². The third kappa shape index (κ3) is 3.31. The second kappa shape index (κ2) is 7.40. The quantitative estimate of drug-likeness (QED) is 0.616. The maximum atomic E-state index is 5.82. The summed E-state index contributed by atoms with van der Waals surface area (Å²) in [6, 6.07) is 17.4. The average Bonchev–Trinajstić information content (AvgIpc) is 3.25. The van der Waals surface area contributed by atoms with E-state index in [4.69, 9.17) is 12.2 Å². The number of aryl methyl sites for hydroxylation is 2. The summed E-state index contributed by atoms with van der Waals surface area (Å²) in [7, 11) is 0. The molecule has 28 heavy (non-hydrogen) atoms. The Hall–Kier alpha value is -2.66. The lowest BCUT2D eigenvalue weighted by molar-refractivity contribution is 0.497. The molecule has 4 nitrogen and oxygen atoms in total. The molecule has 0 radical (unpaired) electrons. The predicted octanol–water partition coefficient (Wildman–Crippen LogP) is 5.26. The Morgan fingerprint density at radius 2 is 1.79 bits per heavy atom. The molecule has 1 fully saturated rings. The van der Waals surface area contributed by atoms with Crippen LogP contribution in [-0.4, -0.2) is 14.7 Å². The number of benzene rings is 1. The van der Waals surface area contributed by atoms with Crippen LogP contribution in [0.1, 0.15) is 54.5 Å². The first-order chi connectivity index (χ1) is 13.5. The lowest BCUT2D eigenvalue weighted by atomic mass is 10.00. The number of nitrogens with one attached hydrogen (secondary N) is 1. The summed E-state index contributed by atoms with van der Waals surface area (Å²) in [6.07, 6.45) is 3.99. The van der Waals surface area contributed by atoms with Crippen molar-refractivity contribution in [2.75, 3.05) is 4.90 Å². The zero-order valence-electron chi connectivity index (χ0n) is 16.8. The molecule has 2 atom stereocenters. The van der Waals surface area contributed by atoms with Crippen LogP contribution in [0.25, 0.3) is 0 Å². The van der Waals surface area contributed by atoms with Gasteiger partial charge in [-0.05, 0) is 87.4 Å². The van der Waals surface area contributed by atoms with Gasteiger partial charge in [-0.3, -0.25) is 4.98 Å². The molecule has 0 amide bonds. The van der Waals surface area contributed by atoms with Gasteiger partial charge in [-0.2, -0.15) is 0 Å². The van der Waals surface area contributed by atoms with Crippen molar-refractivity contribution in [3.63, 3.8) is 0 Å². The van der Waals surface area contributed by atoms with Crippen molar-refractivity contribution in [2.45, 2.75) is 45.8 Å². The Morgan fingerprint density at radius 3 is 2.43 bits per heavy atom. The van der Waals surface area contributed by atoms with Crippen LogP contribution >= 0.6 is 12.2 Å². The number of anilines is 1. The zero-order chi connectivity index (χ0) is 19.8. The van der Waals surface area contributed by atoms with Gasteiger partial charge in [0, 0.05) is 29.8 Å². The highest BCUT2D eigenvalue weighted by Crippen LogP contribution is 2.42. The number of hydrogen-bond donors (Lipinski definition) is 1. The number of thiocarbonyl (C=S) groups is 1. The lowest BCUT2D eigenvalue weighted by Gasteiger charge is -2.30. The van der Waals surface area contributed by atoms with E-state index >= 15 is 0 Å². The Bertz CT molecular complexity index is 973. The minimum Gasteiger partial charge on any atom is -0.351 e. The molecule has 1 aromatic carbocycles. The van der Waals surface area contributed by atoms with E-state index in [1.165, 1.54) is 16.8 Å². The van der Waals surface area contributed by atoms with Crippen LogP contribution in [-0.2, 0) is 0 Å². The number of pyridine rings is 1. The Labute approximate surface area is 172 Å². The number of aromatic nitrogens is 2. The van der Waals surface area contributed by atoms with Gasteiger partial charge in [0.25, 0.3) is 0 Å². The SMILES string of the molecule is Cc1cc(C)cc(N2C(=S)N[C@H](c3ccccn3)[C@@H]2c2cccn2C(C)C)c1. The minimum absolute atomic E-state index is 0.0121. The third-order valence-corrected chi connectivity index (χ3v) is 5.57. The molecule has 2 aromatic heterocycles. The highest BCUT2D eigenvalue weighted by molar-refractivity contribution is 7.80. The maximum absolute atomic E-state index is 5.82. The molecule has 1 N–H and O–H groups in total. The van der Waals surface area contributed by atoms with Crippen LogP contribution in [0.4, 0.5) is 5.69 Å². The Balaban J connectivity index is 1.88. The van der Waals surface area contributed by atoms with E-state index in [-0.39, 0.29) is 12.1 Å². The fourth-order valence-corrected chi connectivity index (χ4v) is 4.50. The van der Waals surface area contributed by atoms with Gasteiger partial charge in [0.15, 0.2) is 5.11 Å². The minimum atomic E-state index is -0.0121. The average molecular weight is 391 g/mol. The Kier molecular flexibility index (Phi) is 4.94. The highest BCUT2D eigenvalue weighted by Gasteiger charge is 2.42. The molecule has 1 aliphatic heterocycles. The van der Waals surface area contributed by atoms with Crippen LogP contribution in [0, 0.1) is 13.8 Å². The van der Waals surface area contributed by atoms with Crippen molar-refractivity contribution in [3.05, 3.63) is 83.4 Å². The van der Waals surface area contributed by atoms with E-state index in [0.717, 1.165) is 16.5 Å².